The van der Waals surface area contributed by atoms with E-state index in [0.29, 0.717) is 29.9 Å². The normalized spacial score (nSPS) is 10.2. The van der Waals surface area contributed by atoms with Crippen LogP contribution in [-0.2, 0) is 11.2 Å². The van der Waals surface area contributed by atoms with Gasteiger partial charge in [-0.3, -0.25) is 9.59 Å². The number of benzene rings is 2. The Bertz CT molecular complexity index is 796. The predicted octanol–water partition coefficient (Wildman–Crippen LogP) is 3.05. The van der Waals surface area contributed by atoms with Crippen LogP contribution < -0.4 is 5.32 Å². The third kappa shape index (κ3) is 4.69. The molecule has 2 N–H and O–H groups in total. The minimum absolute atomic E-state index is 0.0910. The van der Waals surface area contributed by atoms with Gasteiger partial charge >= 0.3 is 5.97 Å². The first kappa shape index (κ1) is 19.2. The van der Waals surface area contributed by atoms with Crippen molar-refractivity contribution >= 4 is 23.5 Å². The van der Waals surface area contributed by atoms with E-state index in [1.54, 1.807) is 41.3 Å². The number of aromatic carboxylic acids is 1. The van der Waals surface area contributed by atoms with Gasteiger partial charge < -0.3 is 15.3 Å². The van der Waals surface area contributed by atoms with Crippen LogP contribution in [0.5, 0.6) is 0 Å². The van der Waals surface area contributed by atoms with E-state index in [0.717, 1.165) is 0 Å². The molecule has 26 heavy (non-hydrogen) atoms. The van der Waals surface area contributed by atoms with Crippen LogP contribution >= 0.6 is 0 Å². The summed E-state index contributed by atoms with van der Waals surface area (Å²) in [6.07, 6.45) is 0.0910. The molecule has 2 aromatic rings. The molecule has 0 unspecified atom stereocenters. The Hall–Kier alpha value is -3.15. The molecule has 0 atom stereocenters. The predicted molar refractivity (Wildman–Crippen MR) is 99.4 cm³/mol. The number of rotatable bonds is 7. The van der Waals surface area contributed by atoms with Crippen LogP contribution in [-0.4, -0.2) is 40.9 Å². The van der Waals surface area contributed by atoms with E-state index in [1.165, 1.54) is 12.1 Å². The molecule has 0 saturated carbocycles. The molecule has 2 rings (SSSR count). The highest BCUT2D eigenvalue weighted by Gasteiger charge is 2.17. The second kappa shape index (κ2) is 8.80. The largest absolute Gasteiger partial charge is 0.478 e. The highest BCUT2D eigenvalue weighted by atomic mass is 16.4. The lowest BCUT2D eigenvalue weighted by molar-refractivity contribution is -0.115. The second-order valence-corrected chi connectivity index (χ2v) is 5.75. The van der Waals surface area contributed by atoms with Crippen molar-refractivity contribution in [3.8, 4) is 0 Å². The Morgan fingerprint density at radius 2 is 1.58 bits per heavy atom. The van der Waals surface area contributed by atoms with Gasteiger partial charge in [-0.15, -0.1) is 0 Å². The van der Waals surface area contributed by atoms with Gasteiger partial charge in [0.1, 0.15) is 0 Å². The van der Waals surface area contributed by atoms with Crippen LogP contribution in [0.25, 0.3) is 0 Å². The van der Waals surface area contributed by atoms with Gasteiger partial charge in [-0.1, -0.05) is 24.3 Å². The topological polar surface area (TPSA) is 86.7 Å². The smallest absolute Gasteiger partial charge is 0.335 e. The molecule has 0 aliphatic heterocycles. The van der Waals surface area contributed by atoms with Crippen molar-refractivity contribution in [3.05, 3.63) is 65.2 Å². The first-order valence-electron chi connectivity index (χ1n) is 8.46. The third-order valence-corrected chi connectivity index (χ3v) is 4.05. The molecule has 0 aromatic heterocycles. The van der Waals surface area contributed by atoms with Crippen molar-refractivity contribution in [2.24, 2.45) is 0 Å². The Morgan fingerprint density at radius 3 is 2.15 bits per heavy atom. The standard InChI is InChI=1S/C20H22N2O4/c1-3-22(4-2)19(24)16-7-5-6-8-17(16)21-18(23)13-14-9-11-15(12-10-14)20(25)26/h5-12H,3-4,13H2,1-2H3,(H,21,23)(H,25,26). The van der Waals surface area contributed by atoms with E-state index in [4.69, 9.17) is 5.11 Å². The first-order valence-corrected chi connectivity index (χ1v) is 8.46. The minimum atomic E-state index is -1.01. The Labute approximate surface area is 152 Å². The number of carbonyl (C=O) groups is 3. The van der Waals surface area contributed by atoms with Crippen LogP contribution in [0.2, 0.25) is 0 Å². The minimum Gasteiger partial charge on any atom is -0.478 e. The summed E-state index contributed by atoms with van der Waals surface area (Å²) in [5.74, 6) is -1.41. The van der Waals surface area contributed by atoms with Crippen LogP contribution in [0.4, 0.5) is 5.69 Å². The van der Waals surface area contributed by atoms with E-state index in [9.17, 15) is 14.4 Å². The molecule has 0 aliphatic carbocycles. The molecule has 2 aromatic carbocycles. The quantitative estimate of drug-likeness (QED) is 0.800. The Morgan fingerprint density at radius 1 is 0.962 bits per heavy atom. The summed E-state index contributed by atoms with van der Waals surface area (Å²) in [5, 5.41) is 11.7. The summed E-state index contributed by atoms with van der Waals surface area (Å²) in [5.41, 5.74) is 1.78. The van der Waals surface area contributed by atoms with Crippen LogP contribution in [0.3, 0.4) is 0 Å². The zero-order chi connectivity index (χ0) is 19.1. The van der Waals surface area contributed by atoms with E-state index < -0.39 is 5.97 Å². The number of hydrogen-bond donors (Lipinski definition) is 2. The van der Waals surface area contributed by atoms with Crippen LogP contribution in [0.15, 0.2) is 48.5 Å². The molecule has 0 bridgehead atoms. The summed E-state index contributed by atoms with van der Waals surface area (Å²) in [6.45, 7) is 4.99. The summed E-state index contributed by atoms with van der Waals surface area (Å²) >= 11 is 0. The van der Waals surface area contributed by atoms with Crippen LogP contribution in [0.1, 0.15) is 40.1 Å². The van der Waals surface area contributed by atoms with Crippen molar-refractivity contribution in [2.75, 3.05) is 18.4 Å². The molecule has 0 aliphatic rings. The van der Waals surface area contributed by atoms with Crippen molar-refractivity contribution in [3.63, 3.8) is 0 Å². The molecule has 0 radical (unpaired) electrons. The number of carboxylic acids is 1. The van der Waals surface area contributed by atoms with Gasteiger partial charge in [0.15, 0.2) is 0 Å². The molecule has 0 heterocycles. The summed E-state index contributed by atoms with van der Waals surface area (Å²) in [7, 11) is 0. The molecule has 0 fully saturated rings. The average Bonchev–Trinajstić information content (AvgIpc) is 2.63. The highest BCUT2D eigenvalue weighted by Crippen LogP contribution is 2.18. The highest BCUT2D eigenvalue weighted by molar-refractivity contribution is 6.04. The van der Waals surface area contributed by atoms with Gasteiger partial charge in [-0.2, -0.15) is 0 Å². The molecular formula is C20H22N2O4. The lowest BCUT2D eigenvalue weighted by Crippen LogP contribution is -2.31. The van der Waals surface area contributed by atoms with Crippen molar-refractivity contribution < 1.29 is 19.5 Å². The fourth-order valence-electron chi connectivity index (χ4n) is 2.60. The SMILES string of the molecule is CCN(CC)C(=O)c1ccccc1NC(=O)Cc1ccc(C(=O)O)cc1. The lowest BCUT2D eigenvalue weighted by Gasteiger charge is -2.20. The Balaban J connectivity index is 2.12. The fraction of sp³-hybridized carbons (Fsp3) is 0.250. The molecule has 6 nitrogen and oxygen atoms in total. The molecule has 136 valence electrons. The number of nitrogens with one attached hydrogen (secondary N) is 1. The van der Waals surface area contributed by atoms with Gasteiger partial charge in [0.05, 0.1) is 23.2 Å². The molecule has 0 saturated heterocycles. The maximum Gasteiger partial charge on any atom is 0.335 e. The zero-order valence-electron chi connectivity index (χ0n) is 14.9. The van der Waals surface area contributed by atoms with Gasteiger partial charge in [-0.25, -0.2) is 4.79 Å². The van der Waals surface area contributed by atoms with Crippen molar-refractivity contribution in [1.82, 2.24) is 4.90 Å². The first-order chi connectivity index (χ1) is 12.5. The number of amides is 2. The van der Waals surface area contributed by atoms with Gasteiger partial charge in [0, 0.05) is 13.1 Å². The number of nitrogens with zero attached hydrogens (tertiary/aromatic N) is 1. The number of para-hydroxylation sites is 1. The maximum atomic E-state index is 12.6. The van der Waals surface area contributed by atoms with Crippen molar-refractivity contribution in [1.29, 1.82) is 0 Å². The molecule has 0 spiro atoms. The van der Waals surface area contributed by atoms with E-state index in [2.05, 4.69) is 5.32 Å². The summed E-state index contributed by atoms with van der Waals surface area (Å²) in [4.78, 5) is 37.5. The van der Waals surface area contributed by atoms with E-state index in [1.807, 2.05) is 13.8 Å². The third-order valence-electron chi connectivity index (χ3n) is 4.05. The fourth-order valence-corrected chi connectivity index (χ4v) is 2.60. The van der Waals surface area contributed by atoms with E-state index >= 15 is 0 Å². The molecule has 2 amide bonds. The molecular weight excluding hydrogens is 332 g/mol. The molecule has 6 heteroatoms. The number of carbonyl (C=O) groups excluding carboxylic acids is 2. The maximum absolute atomic E-state index is 12.6. The van der Waals surface area contributed by atoms with Gasteiger partial charge in [0.2, 0.25) is 5.91 Å². The average molecular weight is 354 g/mol. The van der Waals surface area contributed by atoms with Gasteiger partial charge in [-0.05, 0) is 43.7 Å². The zero-order valence-corrected chi connectivity index (χ0v) is 14.9. The monoisotopic (exact) mass is 354 g/mol. The number of anilines is 1. The van der Waals surface area contributed by atoms with Crippen molar-refractivity contribution in [2.45, 2.75) is 20.3 Å². The lowest BCUT2D eigenvalue weighted by atomic mass is 10.1. The summed E-state index contributed by atoms with van der Waals surface area (Å²) < 4.78 is 0. The number of hydrogen-bond acceptors (Lipinski definition) is 3. The van der Waals surface area contributed by atoms with Gasteiger partial charge in [0.25, 0.3) is 5.91 Å². The summed E-state index contributed by atoms with van der Waals surface area (Å²) in [6, 6.07) is 13.0. The number of carboxylic acid groups (broad SMARTS) is 1. The van der Waals surface area contributed by atoms with Crippen LogP contribution in [0, 0.1) is 0 Å². The van der Waals surface area contributed by atoms with E-state index in [-0.39, 0.29) is 23.8 Å². The Kier molecular flexibility index (Phi) is 6.49. The second-order valence-electron chi connectivity index (χ2n) is 5.75.